The van der Waals surface area contributed by atoms with Crippen molar-refractivity contribution in [1.29, 1.82) is 0 Å². The van der Waals surface area contributed by atoms with E-state index in [4.69, 9.17) is 5.73 Å². The number of sulfonamides is 1. The van der Waals surface area contributed by atoms with E-state index in [1.807, 2.05) is 0 Å². The summed E-state index contributed by atoms with van der Waals surface area (Å²) in [5.74, 6) is -0.0747. The molecule has 1 saturated heterocycles. The van der Waals surface area contributed by atoms with Gasteiger partial charge in [0, 0.05) is 44.8 Å². The van der Waals surface area contributed by atoms with Gasteiger partial charge in [-0.05, 0) is 19.1 Å². The first-order valence-corrected chi connectivity index (χ1v) is 8.42. The van der Waals surface area contributed by atoms with Crippen LogP contribution in [-0.4, -0.2) is 62.7 Å². The molecule has 1 fully saturated rings. The van der Waals surface area contributed by atoms with Crippen molar-refractivity contribution in [2.75, 3.05) is 39.3 Å². The standard InChI is InChI=1S/C14H21N3O3S/c1-12(18)13-2-4-14(5-3-13)21(19,20)17-10-8-16(7-6-15)9-11-17/h2-5H,6-11,15H2,1H3. The number of carbonyl (C=O) groups excluding carboxylic acids is 1. The predicted molar refractivity (Wildman–Crippen MR) is 80.7 cm³/mol. The van der Waals surface area contributed by atoms with Gasteiger partial charge in [0.2, 0.25) is 10.0 Å². The summed E-state index contributed by atoms with van der Waals surface area (Å²) in [6.45, 7) is 5.16. The number of hydrogen-bond donors (Lipinski definition) is 1. The number of ketones is 1. The second-order valence-corrected chi connectivity index (χ2v) is 7.05. The maximum atomic E-state index is 12.5. The number of Topliss-reactive ketones (excluding diaryl/α,β-unsaturated/α-hetero) is 1. The van der Waals surface area contributed by atoms with E-state index in [1.54, 1.807) is 12.1 Å². The SMILES string of the molecule is CC(=O)c1ccc(S(=O)(=O)N2CCN(CCN)CC2)cc1. The molecule has 1 aliphatic rings. The molecule has 1 heterocycles. The number of benzene rings is 1. The largest absolute Gasteiger partial charge is 0.329 e. The highest BCUT2D eigenvalue weighted by atomic mass is 32.2. The van der Waals surface area contributed by atoms with E-state index >= 15 is 0 Å². The quantitative estimate of drug-likeness (QED) is 0.783. The lowest BCUT2D eigenvalue weighted by molar-refractivity contribution is 0.101. The average Bonchev–Trinajstić information content (AvgIpc) is 2.48. The van der Waals surface area contributed by atoms with Gasteiger partial charge in [0.25, 0.3) is 0 Å². The van der Waals surface area contributed by atoms with Crippen LogP contribution in [0, 0.1) is 0 Å². The number of hydrogen-bond acceptors (Lipinski definition) is 5. The minimum absolute atomic E-state index is 0.0747. The normalized spacial score (nSPS) is 17.8. The van der Waals surface area contributed by atoms with Crippen LogP contribution < -0.4 is 5.73 Å². The fourth-order valence-electron chi connectivity index (χ4n) is 2.39. The average molecular weight is 311 g/mol. The van der Waals surface area contributed by atoms with Crippen LogP contribution in [0.2, 0.25) is 0 Å². The number of nitrogens with zero attached hydrogens (tertiary/aromatic N) is 2. The lowest BCUT2D eigenvalue weighted by Crippen LogP contribution is -2.49. The summed E-state index contributed by atoms with van der Waals surface area (Å²) in [5, 5.41) is 0. The number of nitrogens with two attached hydrogens (primary N) is 1. The van der Waals surface area contributed by atoms with Crippen LogP contribution in [0.1, 0.15) is 17.3 Å². The van der Waals surface area contributed by atoms with E-state index < -0.39 is 10.0 Å². The summed E-state index contributed by atoms with van der Waals surface area (Å²) in [7, 11) is -3.48. The molecule has 2 N–H and O–H groups in total. The molecule has 6 nitrogen and oxygen atoms in total. The molecule has 1 aliphatic heterocycles. The topological polar surface area (TPSA) is 83.7 Å². The Labute approximate surface area is 125 Å². The van der Waals surface area contributed by atoms with Crippen LogP contribution in [0.15, 0.2) is 29.2 Å². The highest BCUT2D eigenvalue weighted by Gasteiger charge is 2.28. The molecule has 2 rings (SSSR count). The molecular weight excluding hydrogens is 290 g/mol. The zero-order valence-corrected chi connectivity index (χ0v) is 13.0. The summed E-state index contributed by atoms with van der Waals surface area (Å²) in [6, 6.07) is 6.11. The van der Waals surface area contributed by atoms with Gasteiger partial charge in [0.1, 0.15) is 0 Å². The molecule has 0 bridgehead atoms. The van der Waals surface area contributed by atoms with Crippen LogP contribution in [-0.2, 0) is 10.0 Å². The van der Waals surface area contributed by atoms with Crippen LogP contribution in [0.5, 0.6) is 0 Å². The molecule has 116 valence electrons. The number of carbonyl (C=O) groups is 1. The number of rotatable bonds is 5. The summed E-state index contributed by atoms with van der Waals surface area (Å²) in [6.07, 6.45) is 0. The second-order valence-electron chi connectivity index (χ2n) is 5.11. The van der Waals surface area contributed by atoms with Gasteiger partial charge in [0.05, 0.1) is 4.90 Å². The molecule has 1 aromatic rings. The monoisotopic (exact) mass is 311 g/mol. The second kappa shape index (κ2) is 6.65. The van der Waals surface area contributed by atoms with E-state index in [9.17, 15) is 13.2 Å². The Kier molecular flexibility index (Phi) is 5.10. The van der Waals surface area contributed by atoms with Crippen molar-refractivity contribution in [3.8, 4) is 0 Å². The Morgan fingerprint density at radius 3 is 2.19 bits per heavy atom. The zero-order chi connectivity index (χ0) is 15.5. The van der Waals surface area contributed by atoms with Gasteiger partial charge in [-0.15, -0.1) is 0 Å². The summed E-state index contributed by atoms with van der Waals surface area (Å²) >= 11 is 0. The van der Waals surface area contributed by atoms with Crippen molar-refractivity contribution >= 4 is 15.8 Å². The molecular formula is C14H21N3O3S. The lowest BCUT2D eigenvalue weighted by Gasteiger charge is -2.33. The molecule has 1 aromatic carbocycles. The third-order valence-electron chi connectivity index (χ3n) is 3.68. The molecule has 0 radical (unpaired) electrons. The van der Waals surface area contributed by atoms with E-state index in [2.05, 4.69) is 4.90 Å². The molecule has 0 saturated carbocycles. The van der Waals surface area contributed by atoms with Crippen molar-refractivity contribution in [3.05, 3.63) is 29.8 Å². The summed E-state index contributed by atoms with van der Waals surface area (Å²) < 4.78 is 26.6. The fourth-order valence-corrected chi connectivity index (χ4v) is 3.81. The van der Waals surface area contributed by atoms with Gasteiger partial charge < -0.3 is 5.73 Å². The van der Waals surface area contributed by atoms with E-state index in [0.29, 0.717) is 38.3 Å². The van der Waals surface area contributed by atoms with Gasteiger partial charge in [-0.3, -0.25) is 9.69 Å². The van der Waals surface area contributed by atoms with E-state index in [1.165, 1.54) is 23.4 Å². The van der Waals surface area contributed by atoms with Crippen LogP contribution >= 0.6 is 0 Å². The Balaban J connectivity index is 2.10. The minimum Gasteiger partial charge on any atom is -0.329 e. The van der Waals surface area contributed by atoms with Crippen molar-refractivity contribution in [1.82, 2.24) is 9.21 Å². The lowest BCUT2D eigenvalue weighted by atomic mass is 10.2. The van der Waals surface area contributed by atoms with Gasteiger partial charge in [-0.2, -0.15) is 4.31 Å². The first-order valence-electron chi connectivity index (χ1n) is 6.98. The van der Waals surface area contributed by atoms with Crippen LogP contribution in [0.4, 0.5) is 0 Å². The Morgan fingerprint density at radius 2 is 1.71 bits per heavy atom. The maximum absolute atomic E-state index is 12.5. The fraction of sp³-hybridized carbons (Fsp3) is 0.500. The summed E-state index contributed by atoms with van der Waals surface area (Å²) in [4.78, 5) is 13.6. The van der Waals surface area contributed by atoms with Gasteiger partial charge in [-0.25, -0.2) is 8.42 Å². The van der Waals surface area contributed by atoms with Crippen molar-refractivity contribution < 1.29 is 13.2 Å². The minimum atomic E-state index is -3.48. The third-order valence-corrected chi connectivity index (χ3v) is 5.59. The maximum Gasteiger partial charge on any atom is 0.243 e. The van der Waals surface area contributed by atoms with Gasteiger partial charge >= 0.3 is 0 Å². The van der Waals surface area contributed by atoms with Crippen molar-refractivity contribution in [3.63, 3.8) is 0 Å². The number of piperazine rings is 1. The van der Waals surface area contributed by atoms with Crippen LogP contribution in [0.25, 0.3) is 0 Å². The van der Waals surface area contributed by atoms with E-state index in [0.717, 1.165) is 6.54 Å². The van der Waals surface area contributed by atoms with Gasteiger partial charge in [0.15, 0.2) is 5.78 Å². The zero-order valence-electron chi connectivity index (χ0n) is 12.2. The van der Waals surface area contributed by atoms with E-state index in [-0.39, 0.29) is 10.7 Å². The highest BCUT2D eigenvalue weighted by molar-refractivity contribution is 7.89. The molecule has 21 heavy (non-hydrogen) atoms. The smallest absolute Gasteiger partial charge is 0.243 e. The Hall–Kier alpha value is -1.28. The molecule has 0 atom stereocenters. The molecule has 7 heteroatoms. The molecule has 0 spiro atoms. The molecule has 0 amide bonds. The van der Waals surface area contributed by atoms with Gasteiger partial charge in [-0.1, -0.05) is 12.1 Å². The molecule has 0 unspecified atom stereocenters. The third kappa shape index (κ3) is 3.68. The first kappa shape index (κ1) is 16.1. The highest BCUT2D eigenvalue weighted by Crippen LogP contribution is 2.18. The van der Waals surface area contributed by atoms with Crippen molar-refractivity contribution in [2.24, 2.45) is 5.73 Å². The predicted octanol–water partition coefficient (Wildman–Crippen LogP) is 0.154. The molecule has 0 aromatic heterocycles. The Bertz CT molecular complexity index is 590. The first-order chi connectivity index (χ1) is 9.95. The molecule has 0 aliphatic carbocycles. The Morgan fingerprint density at radius 1 is 1.14 bits per heavy atom. The van der Waals surface area contributed by atoms with Crippen LogP contribution in [0.3, 0.4) is 0 Å². The summed E-state index contributed by atoms with van der Waals surface area (Å²) in [5.41, 5.74) is 6.02. The van der Waals surface area contributed by atoms with Crippen molar-refractivity contribution in [2.45, 2.75) is 11.8 Å².